The third-order valence-corrected chi connectivity index (χ3v) is 4.17. The van der Waals surface area contributed by atoms with Gasteiger partial charge in [0.05, 0.1) is 23.8 Å². The van der Waals surface area contributed by atoms with Crippen LogP contribution in [-0.4, -0.2) is 43.4 Å². The SMILES string of the molecule is Cc1cc(C(=O)NCCCOCC2CCCO2)c2ccccc2n1. The molecule has 1 aliphatic heterocycles. The van der Waals surface area contributed by atoms with E-state index in [1.54, 1.807) is 0 Å². The van der Waals surface area contributed by atoms with E-state index in [1.807, 2.05) is 37.3 Å². The summed E-state index contributed by atoms with van der Waals surface area (Å²) in [4.78, 5) is 16.9. The Hall–Kier alpha value is -1.98. The average molecular weight is 328 g/mol. The summed E-state index contributed by atoms with van der Waals surface area (Å²) in [5, 5.41) is 3.85. The van der Waals surface area contributed by atoms with Crippen LogP contribution in [0.15, 0.2) is 30.3 Å². The lowest BCUT2D eigenvalue weighted by molar-refractivity contribution is 0.0166. The molecule has 1 aromatic heterocycles. The summed E-state index contributed by atoms with van der Waals surface area (Å²) in [7, 11) is 0. The van der Waals surface area contributed by atoms with Crippen molar-refractivity contribution in [3.63, 3.8) is 0 Å². The van der Waals surface area contributed by atoms with Crippen LogP contribution in [-0.2, 0) is 9.47 Å². The molecule has 1 N–H and O–H groups in total. The molecular weight excluding hydrogens is 304 g/mol. The second-order valence-electron chi connectivity index (χ2n) is 6.15. The number of amides is 1. The third kappa shape index (κ3) is 4.30. The van der Waals surface area contributed by atoms with E-state index in [1.165, 1.54) is 0 Å². The number of hydrogen-bond donors (Lipinski definition) is 1. The third-order valence-electron chi connectivity index (χ3n) is 4.17. The fourth-order valence-corrected chi connectivity index (χ4v) is 2.96. The molecule has 1 aliphatic rings. The van der Waals surface area contributed by atoms with Crippen LogP contribution >= 0.6 is 0 Å². The smallest absolute Gasteiger partial charge is 0.252 e. The van der Waals surface area contributed by atoms with E-state index in [0.29, 0.717) is 25.3 Å². The standard InChI is InChI=1S/C19H24N2O3/c1-14-12-17(16-7-2-3-8-18(16)21-14)19(22)20-9-5-10-23-13-15-6-4-11-24-15/h2-3,7-8,12,15H,4-6,9-11,13H2,1H3,(H,20,22). The monoisotopic (exact) mass is 328 g/mol. The fourth-order valence-electron chi connectivity index (χ4n) is 2.96. The van der Waals surface area contributed by atoms with Gasteiger partial charge < -0.3 is 14.8 Å². The summed E-state index contributed by atoms with van der Waals surface area (Å²) in [6.45, 7) is 4.64. The Labute approximate surface area is 142 Å². The molecule has 0 aliphatic carbocycles. The lowest BCUT2D eigenvalue weighted by Crippen LogP contribution is -2.26. The van der Waals surface area contributed by atoms with Crippen molar-refractivity contribution in [1.82, 2.24) is 10.3 Å². The van der Waals surface area contributed by atoms with Crippen molar-refractivity contribution in [1.29, 1.82) is 0 Å². The van der Waals surface area contributed by atoms with Gasteiger partial charge in [-0.25, -0.2) is 0 Å². The summed E-state index contributed by atoms with van der Waals surface area (Å²) in [5.41, 5.74) is 2.37. The zero-order valence-corrected chi connectivity index (χ0v) is 14.1. The zero-order chi connectivity index (χ0) is 16.8. The number of carbonyl (C=O) groups is 1. The second kappa shape index (κ2) is 8.22. The predicted octanol–water partition coefficient (Wildman–Crippen LogP) is 2.86. The molecule has 0 radical (unpaired) electrons. The van der Waals surface area contributed by atoms with Gasteiger partial charge in [-0.3, -0.25) is 9.78 Å². The van der Waals surface area contributed by atoms with E-state index in [2.05, 4.69) is 10.3 Å². The Morgan fingerprint density at radius 1 is 1.42 bits per heavy atom. The van der Waals surface area contributed by atoms with Crippen LogP contribution in [0.5, 0.6) is 0 Å². The van der Waals surface area contributed by atoms with Crippen molar-refractivity contribution in [3.8, 4) is 0 Å². The molecule has 1 atom stereocenters. The maximum Gasteiger partial charge on any atom is 0.252 e. The molecule has 24 heavy (non-hydrogen) atoms. The highest BCUT2D eigenvalue weighted by Crippen LogP contribution is 2.18. The molecule has 0 spiro atoms. The van der Waals surface area contributed by atoms with Crippen molar-refractivity contribution < 1.29 is 14.3 Å². The number of pyridine rings is 1. The lowest BCUT2D eigenvalue weighted by Gasteiger charge is -2.11. The first-order chi connectivity index (χ1) is 11.7. The largest absolute Gasteiger partial charge is 0.379 e. The fraction of sp³-hybridized carbons (Fsp3) is 0.474. The molecule has 0 saturated carbocycles. The molecule has 3 rings (SSSR count). The van der Waals surface area contributed by atoms with Gasteiger partial charge in [-0.05, 0) is 38.3 Å². The Kier molecular flexibility index (Phi) is 5.77. The van der Waals surface area contributed by atoms with Gasteiger partial charge >= 0.3 is 0 Å². The maximum atomic E-state index is 12.5. The zero-order valence-electron chi connectivity index (χ0n) is 14.1. The highest BCUT2D eigenvalue weighted by molar-refractivity contribution is 6.06. The number of para-hydroxylation sites is 1. The molecule has 128 valence electrons. The van der Waals surface area contributed by atoms with Crippen LogP contribution in [0.2, 0.25) is 0 Å². The molecule has 1 fully saturated rings. The van der Waals surface area contributed by atoms with E-state index >= 15 is 0 Å². The van der Waals surface area contributed by atoms with Crippen molar-refractivity contribution in [3.05, 3.63) is 41.6 Å². The van der Waals surface area contributed by atoms with Gasteiger partial charge in [-0.15, -0.1) is 0 Å². The van der Waals surface area contributed by atoms with Crippen molar-refractivity contribution >= 4 is 16.8 Å². The van der Waals surface area contributed by atoms with Crippen molar-refractivity contribution in [2.75, 3.05) is 26.4 Å². The van der Waals surface area contributed by atoms with E-state index < -0.39 is 0 Å². The summed E-state index contributed by atoms with van der Waals surface area (Å²) in [6.07, 6.45) is 3.26. The van der Waals surface area contributed by atoms with E-state index in [4.69, 9.17) is 9.47 Å². The quantitative estimate of drug-likeness (QED) is 0.794. The number of benzene rings is 1. The Morgan fingerprint density at radius 3 is 3.12 bits per heavy atom. The highest BCUT2D eigenvalue weighted by Gasteiger charge is 2.15. The van der Waals surface area contributed by atoms with Gasteiger partial charge in [0.1, 0.15) is 0 Å². The number of ether oxygens (including phenoxy) is 2. The summed E-state index contributed by atoms with van der Waals surface area (Å²) < 4.78 is 11.1. The predicted molar refractivity (Wildman–Crippen MR) is 93.2 cm³/mol. The number of carbonyl (C=O) groups excluding carboxylic acids is 1. The van der Waals surface area contributed by atoms with Crippen LogP contribution < -0.4 is 5.32 Å². The average Bonchev–Trinajstić information content (AvgIpc) is 3.10. The van der Waals surface area contributed by atoms with Gasteiger partial charge in [0.25, 0.3) is 5.91 Å². The van der Waals surface area contributed by atoms with Crippen molar-refractivity contribution in [2.24, 2.45) is 0 Å². The summed E-state index contributed by atoms with van der Waals surface area (Å²) in [5.74, 6) is -0.0594. The first kappa shape index (κ1) is 16.9. The molecular formula is C19H24N2O3. The number of hydrogen-bond acceptors (Lipinski definition) is 4. The van der Waals surface area contributed by atoms with Crippen LogP contribution in [0.25, 0.3) is 10.9 Å². The van der Waals surface area contributed by atoms with Crippen molar-refractivity contribution in [2.45, 2.75) is 32.3 Å². The Morgan fingerprint density at radius 2 is 2.29 bits per heavy atom. The van der Waals surface area contributed by atoms with Gasteiger partial charge in [0.2, 0.25) is 0 Å². The van der Waals surface area contributed by atoms with Crippen LogP contribution in [0, 0.1) is 6.92 Å². The van der Waals surface area contributed by atoms with Crippen LogP contribution in [0.1, 0.15) is 35.3 Å². The molecule has 1 unspecified atom stereocenters. The summed E-state index contributed by atoms with van der Waals surface area (Å²) >= 11 is 0. The number of fused-ring (bicyclic) bond motifs is 1. The van der Waals surface area contributed by atoms with E-state index in [0.717, 1.165) is 42.5 Å². The van der Waals surface area contributed by atoms with E-state index in [9.17, 15) is 4.79 Å². The molecule has 1 saturated heterocycles. The normalized spacial score (nSPS) is 17.3. The first-order valence-corrected chi connectivity index (χ1v) is 8.58. The number of aryl methyl sites for hydroxylation is 1. The molecule has 2 aromatic rings. The second-order valence-corrected chi connectivity index (χ2v) is 6.15. The van der Waals surface area contributed by atoms with E-state index in [-0.39, 0.29) is 12.0 Å². The Balaban J connectivity index is 1.47. The first-order valence-electron chi connectivity index (χ1n) is 8.58. The number of aromatic nitrogens is 1. The molecule has 2 heterocycles. The van der Waals surface area contributed by atoms with Crippen LogP contribution in [0.4, 0.5) is 0 Å². The molecule has 1 amide bonds. The molecule has 5 nitrogen and oxygen atoms in total. The minimum absolute atomic E-state index is 0.0594. The molecule has 0 bridgehead atoms. The van der Waals surface area contributed by atoms with Crippen LogP contribution in [0.3, 0.4) is 0 Å². The highest BCUT2D eigenvalue weighted by atomic mass is 16.5. The number of rotatable bonds is 7. The van der Waals surface area contributed by atoms with Gasteiger partial charge in [-0.1, -0.05) is 18.2 Å². The maximum absolute atomic E-state index is 12.5. The number of nitrogens with one attached hydrogen (secondary N) is 1. The molecule has 1 aromatic carbocycles. The minimum atomic E-state index is -0.0594. The lowest BCUT2D eigenvalue weighted by atomic mass is 10.1. The minimum Gasteiger partial charge on any atom is -0.379 e. The van der Waals surface area contributed by atoms with Gasteiger partial charge in [-0.2, -0.15) is 0 Å². The van der Waals surface area contributed by atoms with Gasteiger partial charge in [0, 0.05) is 30.8 Å². The number of nitrogens with zero attached hydrogens (tertiary/aromatic N) is 1. The Bertz CT molecular complexity index is 696. The molecule has 5 heteroatoms. The summed E-state index contributed by atoms with van der Waals surface area (Å²) in [6, 6.07) is 9.56. The van der Waals surface area contributed by atoms with Gasteiger partial charge in [0.15, 0.2) is 0 Å². The topological polar surface area (TPSA) is 60.5 Å².